The molecule has 1 aromatic carbocycles. The quantitative estimate of drug-likeness (QED) is 0.860. The first-order chi connectivity index (χ1) is 9.49. The molecule has 0 unspecified atom stereocenters. The van der Waals surface area contributed by atoms with E-state index in [0.29, 0.717) is 5.69 Å². The molecule has 0 saturated heterocycles. The van der Waals surface area contributed by atoms with Gasteiger partial charge in [-0.1, -0.05) is 29.8 Å². The Morgan fingerprint density at radius 1 is 1.10 bits per heavy atom. The molecule has 0 bridgehead atoms. The van der Waals surface area contributed by atoms with Crippen molar-refractivity contribution < 1.29 is 4.79 Å². The predicted octanol–water partition coefficient (Wildman–Crippen LogP) is 2.93. The maximum atomic E-state index is 12.4. The topological polar surface area (TPSA) is 46.1 Å². The lowest BCUT2D eigenvalue weighted by Crippen LogP contribution is -2.30. The summed E-state index contributed by atoms with van der Waals surface area (Å²) < 4.78 is 0. The van der Waals surface area contributed by atoms with Crippen LogP contribution in [0.15, 0.2) is 36.7 Å². The van der Waals surface area contributed by atoms with Gasteiger partial charge < -0.3 is 4.90 Å². The summed E-state index contributed by atoms with van der Waals surface area (Å²) in [4.78, 5) is 22.3. The average molecular weight is 269 g/mol. The van der Waals surface area contributed by atoms with Crippen LogP contribution >= 0.6 is 0 Å². The highest BCUT2D eigenvalue weighted by molar-refractivity contribution is 5.92. The maximum absolute atomic E-state index is 12.4. The van der Waals surface area contributed by atoms with E-state index in [4.69, 9.17) is 0 Å². The second kappa shape index (κ2) is 5.82. The Bertz CT molecular complexity index is 590. The van der Waals surface area contributed by atoms with E-state index in [1.165, 1.54) is 11.8 Å². The minimum absolute atomic E-state index is 0.00815. The van der Waals surface area contributed by atoms with Crippen molar-refractivity contribution in [3.8, 4) is 0 Å². The smallest absolute Gasteiger partial charge is 0.274 e. The molecule has 1 heterocycles. The lowest BCUT2D eigenvalue weighted by Gasteiger charge is -2.25. The summed E-state index contributed by atoms with van der Waals surface area (Å²) in [5.74, 6) is -0.120. The van der Waals surface area contributed by atoms with Crippen molar-refractivity contribution in [3.63, 3.8) is 0 Å². The van der Waals surface area contributed by atoms with Crippen molar-refractivity contribution >= 4 is 5.91 Å². The van der Waals surface area contributed by atoms with Crippen LogP contribution in [0, 0.1) is 13.8 Å². The molecule has 1 atom stereocenters. The molecule has 1 amide bonds. The summed E-state index contributed by atoms with van der Waals surface area (Å²) in [6, 6.07) is 8.19. The Morgan fingerprint density at radius 2 is 1.75 bits per heavy atom. The lowest BCUT2D eigenvalue weighted by atomic mass is 10.1. The third-order valence-electron chi connectivity index (χ3n) is 3.46. The number of rotatable bonds is 3. The minimum Gasteiger partial charge on any atom is -0.334 e. The number of hydrogen-bond donors (Lipinski definition) is 0. The highest BCUT2D eigenvalue weighted by atomic mass is 16.2. The van der Waals surface area contributed by atoms with Gasteiger partial charge in [0, 0.05) is 13.2 Å². The van der Waals surface area contributed by atoms with E-state index >= 15 is 0 Å². The fourth-order valence-corrected chi connectivity index (χ4v) is 1.93. The fourth-order valence-electron chi connectivity index (χ4n) is 1.93. The molecule has 4 nitrogen and oxygen atoms in total. The molecule has 0 spiro atoms. The largest absolute Gasteiger partial charge is 0.334 e. The number of amides is 1. The molecule has 20 heavy (non-hydrogen) atoms. The van der Waals surface area contributed by atoms with Crippen molar-refractivity contribution in [1.82, 2.24) is 14.9 Å². The molecule has 0 N–H and O–H groups in total. The Hall–Kier alpha value is -2.23. The summed E-state index contributed by atoms with van der Waals surface area (Å²) in [6.45, 7) is 5.90. The lowest BCUT2D eigenvalue weighted by molar-refractivity contribution is 0.0736. The third-order valence-corrected chi connectivity index (χ3v) is 3.46. The fraction of sp³-hybridized carbons (Fsp3) is 0.312. The molecule has 2 rings (SSSR count). The van der Waals surface area contributed by atoms with Crippen molar-refractivity contribution in [1.29, 1.82) is 0 Å². The van der Waals surface area contributed by atoms with E-state index in [2.05, 4.69) is 22.1 Å². The molecular weight excluding hydrogens is 250 g/mol. The summed E-state index contributed by atoms with van der Waals surface area (Å²) in [7, 11) is 1.79. The van der Waals surface area contributed by atoms with Gasteiger partial charge in [0.1, 0.15) is 5.69 Å². The molecular formula is C16H19N3O. The molecule has 4 heteroatoms. The number of hydrogen-bond acceptors (Lipinski definition) is 3. The number of aromatic nitrogens is 2. The molecule has 0 aliphatic carbocycles. The number of carbonyl (C=O) groups is 1. The molecule has 0 saturated carbocycles. The summed E-state index contributed by atoms with van der Waals surface area (Å²) in [5.41, 5.74) is 3.48. The minimum atomic E-state index is -0.120. The Labute approximate surface area is 119 Å². The Kier molecular flexibility index (Phi) is 4.13. The number of aryl methyl sites for hydroxylation is 2. The van der Waals surface area contributed by atoms with Crippen LogP contribution in [0.5, 0.6) is 0 Å². The summed E-state index contributed by atoms with van der Waals surface area (Å²) >= 11 is 0. The van der Waals surface area contributed by atoms with Crippen LogP contribution in [0.25, 0.3) is 0 Å². The van der Waals surface area contributed by atoms with Gasteiger partial charge in [-0.2, -0.15) is 0 Å². The summed E-state index contributed by atoms with van der Waals surface area (Å²) in [5, 5.41) is 0. The van der Waals surface area contributed by atoms with Gasteiger partial charge in [0.2, 0.25) is 0 Å². The van der Waals surface area contributed by atoms with Gasteiger partial charge >= 0.3 is 0 Å². The molecule has 104 valence electrons. The van der Waals surface area contributed by atoms with E-state index in [0.717, 1.165) is 11.3 Å². The van der Waals surface area contributed by atoms with E-state index in [9.17, 15) is 4.79 Å². The van der Waals surface area contributed by atoms with Crippen molar-refractivity contribution in [2.75, 3.05) is 7.05 Å². The Balaban J connectivity index is 2.17. The van der Waals surface area contributed by atoms with Crippen LogP contribution in [-0.2, 0) is 0 Å². The highest BCUT2D eigenvalue weighted by Gasteiger charge is 2.20. The van der Waals surface area contributed by atoms with E-state index < -0.39 is 0 Å². The van der Waals surface area contributed by atoms with Crippen LogP contribution in [0.2, 0.25) is 0 Å². The second-order valence-corrected chi connectivity index (χ2v) is 5.05. The van der Waals surface area contributed by atoms with Crippen molar-refractivity contribution in [3.05, 3.63) is 59.2 Å². The summed E-state index contributed by atoms with van der Waals surface area (Å²) in [6.07, 6.45) is 3.13. The highest BCUT2D eigenvalue weighted by Crippen LogP contribution is 2.20. The first kappa shape index (κ1) is 14.2. The zero-order chi connectivity index (χ0) is 14.7. The van der Waals surface area contributed by atoms with Crippen molar-refractivity contribution in [2.45, 2.75) is 26.8 Å². The van der Waals surface area contributed by atoms with Gasteiger partial charge in [0.15, 0.2) is 0 Å². The van der Waals surface area contributed by atoms with Crippen LogP contribution in [-0.4, -0.2) is 27.8 Å². The number of benzene rings is 1. The van der Waals surface area contributed by atoms with E-state index in [1.54, 1.807) is 18.1 Å². The molecule has 0 radical (unpaired) electrons. The normalized spacial score (nSPS) is 12.0. The van der Waals surface area contributed by atoms with E-state index in [1.807, 2.05) is 32.9 Å². The molecule has 1 aromatic heterocycles. The number of nitrogens with zero attached hydrogens (tertiary/aromatic N) is 3. The molecule has 0 fully saturated rings. The predicted molar refractivity (Wildman–Crippen MR) is 78.5 cm³/mol. The van der Waals surface area contributed by atoms with Gasteiger partial charge in [-0.05, 0) is 26.3 Å². The molecule has 2 aromatic rings. The molecule has 0 aliphatic heterocycles. The number of carbonyl (C=O) groups excluding carboxylic acids is 1. The standard InChI is InChI=1S/C16H19N3O/c1-11-5-7-14(8-6-11)13(3)19(4)16(20)15-10-17-12(2)9-18-15/h5-10,13H,1-4H3/t13-/m0/s1. The van der Waals surface area contributed by atoms with E-state index in [-0.39, 0.29) is 11.9 Å². The van der Waals surface area contributed by atoms with Crippen LogP contribution in [0.1, 0.15) is 40.3 Å². The van der Waals surface area contributed by atoms with Gasteiger partial charge in [-0.15, -0.1) is 0 Å². The van der Waals surface area contributed by atoms with Gasteiger partial charge in [-0.25, -0.2) is 4.98 Å². The van der Waals surface area contributed by atoms with Gasteiger partial charge in [0.25, 0.3) is 5.91 Å². The first-order valence-electron chi connectivity index (χ1n) is 6.61. The average Bonchev–Trinajstić information content (AvgIpc) is 2.46. The SMILES string of the molecule is Cc1ccc([C@H](C)N(C)C(=O)c2cnc(C)cn2)cc1. The molecule has 0 aliphatic rings. The Morgan fingerprint density at radius 3 is 2.30 bits per heavy atom. The van der Waals surface area contributed by atoms with Crippen LogP contribution in [0.4, 0.5) is 0 Å². The van der Waals surface area contributed by atoms with Gasteiger partial charge in [-0.3, -0.25) is 9.78 Å². The first-order valence-corrected chi connectivity index (χ1v) is 6.61. The van der Waals surface area contributed by atoms with Crippen LogP contribution < -0.4 is 0 Å². The monoisotopic (exact) mass is 269 g/mol. The van der Waals surface area contributed by atoms with Gasteiger partial charge in [0.05, 0.1) is 17.9 Å². The van der Waals surface area contributed by atoms with Crippen LogP contribution in [0.3, 0.4) is 0 Å². The second-order valence-electron chi connectivity index (χ2n) is 5.05. The van der Waals surface area contributed by atoms with Crippen molar-refractivity contribution in [2.24, 2.45) is 0 Å². The zero-order valence-corrected chi connectivity index (χ0v) is 12.3. The zero-order valence-electron chi connectivity index (χ0n) is 12.3. The maximum Gasteiger partial charge on any atom is 0.274 e. The third kappa shape index (κ3) is 3.02.